The Labute approximate surface area is 75.7 Å². The average Bonchev–Trinajstić information content (AvgIpc) is 2.52. The summed E-state index contributed by atoms with van der Waals surface area (Å²) >= 11 is 0. The Hall–Kier alpha value is -0.660. The molecule has 0 radical (unpaired) electrons. The van der Waals surface area contributed by atoms with Crippen molar-refractivity contribution >= 4 is 11.6 Å². The Morgan fingerprint density at radius 1 is 0.769 bits per heavy atom. The van der Waals surface area contributed by atoms with Crippen LogP contribution < -0.4 is 0 Å². The number of ketones is 2. The van der Waals surface area contributed by atoms with Crippen LogP contribution in [-0.4, -0.2) is 11.6 Å². The summed E-state index contributed by atoms with van der Waals surface area (Å²) in [6.45, 7) is 0. The first-order valence-electron chi connectivity index (χ1n) is 5.38. The Morgan fingerprint density at radius 3 is 1.69 bits per heavy atom. The third-order valence-electron chi connectivity index (χ3n) is 5.82. The van der Waals surface area contributed by atoms with Gasteiger partial charge in [-0.15, -0.1) is 0 Å². The Morgan fingerprint density at radius 2 is 1.23 bits per heavy atom. The van der Waals surface area contributed by atoms with E-state index in [1.165, 1.54) is 6.42 Å². The van der Waals surface area contributed by atoms with Gasteiger partial charge in [0.25, 0.3) is 0 Å². The minimum atomic E-state index is 0.211. The molecule has 0 aromatic heterocycles. The highest BCUT2D eigenvalue weighted by atomic mass is 16.1. The summed E-state index contributed by atoms with van der Waals surface area (Å²) in [5, 5.41) is 0. The van der Waals surface area contributed by atoms with Gasteiger partial charge in [-0.3, -0.25) is 9.59 Å². The normalized spacial score (nSPS) is 74.2. The third kappa shape index (κ3) is 0.323. The molecule has 5 aliphatic carbocycles. The number of hydrogen-bond donors (Lipinski definition) is 0. The lowest BCUT2D eigenvalue weighted by molar-refractivity contribution is -0.145. The molecule has 0 aromatic rings. The predicted molar refractivity (Wildman–Crippen MR) is 42.6 cm³/mol. The molecule has 2 heteroatoms. The maximum atomic E-state index is 11.9. The SMILES string of the molecule is O=C1[C@@H]2[C@H]3C[C@H]4[C@H]2C(=O)[C@@H]2[C@@H]1[C@H]3[C@@H]42. The largest absolute Gasteiger partial charge is 0.299 e. The smallest absolute Gasteiger partial charge is 0.141 e. The fourth-order valence-electron chi connectivity index (χ4n) is 5.80. The van der Waals surface area contributed by atoms with Crippen molar-refractivity contribution in [2.24, 2.45) is 47.3 Å². The van der Waals surface area contributed by atoms with Crippen molar-refractivity contribution in [2.75, 3.05) is 0 Å². The van der Waals surface area contributed by atoms with Gasteiger partial charge in [0.2, 0.25) is 0 Å². The standard InChI is InChI=1S/C11H10O2/c12-10-6-2-1-3-5-4(2)8(10)9(5)11(13)7(3)6/h2-9H,1H2/t2-,3+,4-,5-,6-,7-,8+,9+/m1/s1. The van der Waals surface area contributed by atoms with E-state index >= 15 is 0 Å². The fraction of sp³-hybridized carbons (Fsp3) is 0.818. The summed E-state index contributed by atoms with van der Waals surface area (Å²) in [6, 6.07) is 0. The zero-order valence-corrected chi connectivity index (χ0v) is 7.14. The molecule has 0 N–H and O–H groups in total. The van der Waals surface area contributed by atoms with Gasteiger partial charge in [-0.05, 0) is 30.1 Å². The minimum Gasteiger partial charge on any atom is -0.299 e. The zero-order valence-electron chi connectivity index (χ0n) is 7.14. The Balaban J connectivity index is 1.92. The Bertz CT molecular complexity index is 346. The van der Waals surface area contributed by atoms with Gasteiger partial charge < -0.3 is 0 Å². The zero-order chi connectivity index (χ0) is 8.48. The molecule has 0 amide bonds. The van der Waals surface area contributed by atoms with Crippen molar-refractivity contribution in [1.29, 1.82) is 0 Å². The summed E-state index contributed by atoms with van der Waals surface area (Å²) in [6.07, 6.45) is 1.22. The molecule has 5 aliphatic rings. The first-order chi connectivity index (χ1) is 6.30. The second kappa shape index (κ2) is 1.32. The van der Waals surface area contributed by atoms with E-state index < -0.39 is 0 Å². The van der Waals surface area contributed by atoms with Gasteiger partial charge in [-0.25, -0.2) is 0 Å². The van der Waals surface area contributed by atoms with Crippen LogP contribution in [0.15, 0.2) is 0 Å². The molecule has 13 heavy (non-hydrogen) atoms. The van der Waals surface area contributed by atoms with Crippen LogP contribution in [0.1, 0.15) is 6.42 Å². The van der Waals surface area contributed by atoms with Crippen molar-refractivity contribution in [2.45, 2.75) is 6.42 Å². The second-order valence-electron chi connectivity index (χ2n) is 5.63. The first-order valence-corrected chi connectivity index (χ1v) is 5.38. The highest BCUT2D eigenvalue weighted by Crippen LogP contribution is 2.80. The monoisotopic (exact) mass is 174 g/mol. The first kappa shape index (κ1) is 5.94. The van der Waals surface area contributed by atoms with E-state index in [-0.39, 0.29) is 23.7 Å². The summed E-state index contributed by atoms with van der Waals surface area (Å²) in [7, 11) is 0. The number of carbonyl (C=O) groups excluding carboxylic acids is 2. The molecule has 0 unspecified atom stereocenters. The van der Waals surface area contributed by atoms with Gasteiger partial charge in [0, 0.05) is 23.7 Å². The van der Waals surface area contributed by atoms with Gasteiger partial charge in [-0.2, -0.15) is 0 Å². The van der Waals surface area contributed by atoms with Gasteiger partial charge in [0.05, 0.1) is 0 Å². The molecule has 8 atom stereocenters. The topological polar surface area (TPSA) is 34.1 Å². The number of rotatable bonds is 0. The summed E-state index contributed by atoms with van der Waals surface area (Å²) in [5.74, 6) is 4.49. The maximum Gasteiger partial charge on any atom is 0.141 e. The van der Waals surface area contributed by atoms with Crippen LogP contribution in [0.5, 0.6) is 0 Å². The molecule has 5 fully saturated rings. The molecular weight excluding hydrogens is 164 g/mol. The molecule has 66 valence electrons. The van der Waals surface area contributed by atoms with Crippen LogP contribution >= 0.6 is 0 Å². The average molecular weight is 174 g/mol. The fourth-order valence-corrected chi connectivity index (χ4v) is 5.80. The van der Waals surface area contributed by atoms with Crippen LogP contribution in [-0.2, 0) is 9.59 Å². The summed E-state index contributed by atoms with van der Waals surface area (Å²) < 4.78 is 0. The quantitative estimate of drug-likeness (QED) is 0.536. The number of Topliss-reactive ketones (excluding diaryl/α,β-unsaturated/α-hetero) is 2. The molecule has 2 bridgehead atoms. The van der Waals surface area contributed by atoms with Crippen LogP contribution in [0.4, 0.5) is 0 Å². The Kier molecular flexibility index (Phi) is 0.602. The lowest BCUT2D eigenvalue weighted by Gasteiger charge is -2.42. The molecule has 0 saturated heterocycles. The van der Waals surface area contributed by atoms with E-state index in [1.54, 1.807) is 0 Å². The summed E-state index contributed by atoms with van der Waals surface area (Å²) in [5.41, 5.74) is 0. The van der Waals surface area contributed by atoms with Crippen molar-refractivity contribution in [1.82, 2.24) is 0 Å². The van der Waals surface area contributed by atoms with E-state index in [0.717, 1.165) is 0 Å². The number of carbonyl (C=O) groups is 2. The number of hydrogen-bond acceptors (Lipinski definition) is 2. The molecule has 5 rings (SSSR count). The van der Waals surface area contributed by atoms with Gasteiger partial charge in [-0.1, -0.05) is 0 Å². The van der Waals surface area contributed by atoms with Crippen molar-refractivity contribution in [3.05, 3.63) is 0 Å². The number of fused-ring (bicyclic) bond motifs is 2. The van der Waals surface area contributed by atoms with Crippen LogP contribution in [0, 0.1) is 47.3 Å². The summed E-state index contributed by atoms with van der Waals surface area (Å²) in [4.78, 5) is 23.8. The molecular formula is C11H10O2. The van der Waals surface area contributed by atoms with Crippen molar-refractivity contribution in [3.8, 4) is 0 Å². The van der Waals surface area contributed by atoms with Gasteiger partial charge in [0.1, 0.15) is 11.6 Å². The van der Waals surface area contributed by atoms with E-state index in [1.807, 2.05) is 0 Å². The molecule has 0 spiro atoms. The highest BCUT2D eigenvalue weighted by Gasteiger charge is 2.84. The van der Waals surface area contributed by atoms with E-state index in [2.05, 4.69) is 0 Å². The highest BCUT2D eigenvalue weighted by molar-refractivity contribution is 6.06. The van der Waals surface area contributed by atoms with Crippen molar-refractivity contribution in [3.63, 3.8) is 0 Å². The minimum absolute atomic E-state index is 0.211. The van der Waals surface area contributed by atoms with E-state index in [0.29, 0.717) is 35.2 Å². The lowest BCUT2D eigenvalue weighted by atomic mass is 9.59. The van der Waals surface area contributed by atoms with Crippen LogP contribution in [0.25, 0.3) is 0 Å². The molecule has 0 aliphatic heterocycles. The maximum absolute atomic E-state index is 11.9. The molecule has 0 aromatic carbocycles. The van der Waals surface area contributed by atoms with Crippen LogP contribution in [0.2, 0.25) is 0 Å². The lowest BCUT2D eigenvalue weighted by Crippen LogP contribution is -2.47. The van der Waals surface area contributed by atoms with E-state index in [9.17, 15) is 9.59 Å². The molecule has 0 heterocycles. The van der Waals surface area contributed by atoms with Crippen molar-refractivity contribution < 1.29 is 9.59 Å². The van der Waals surface area contributed by atoms with E-state index in [4.69, 9.17) is 0 Å². The third-order valence-corrected chi connectivity index (χ3v) is 5.82. The van der Waals surface area contributed by atoms with Gasteiger partial charge >= 0.3 is 0 Å². The molecule has 5 saturated carbocycles. The van der Waals surface area contributed by atoms with Gasteiger partial charge in [0.15, 0.2) is 0 Å². The van der Waals surface area contributed by atoms with Crippen LogP contribution in [0.3, 0.4) is 0 Å². The molecule has 2 nitrogen and oxygen atoms in total. The second-order valence-corrected chi connectivity index (χ2v) is 5.63. The predicted octanol–water partition coefficient (Wildman–Crippen LogP) is 0.512.